The zero-order valence-corrected chi connectivity index (χ0v) is 21.6. The normalized spacial score (nSPS) is 17.8. The number of carbonyl (C=O) groups excluding carboxylic acids is 1. The molecular weight excluding hydrogens is 494 g/mol. The second-order valence-corrected chi connectivity index (χ2v) is 9.68. The van der Waals surface area contributed by atoms with E-state index in [9.17, 15) is 4.79 Å². The monoisotopic (exact) mass is 525 g/mol. The Morgan fingerprint density at radius 1 is 1.18 bits per heavy atom. The minimum atomic E-state index is 0.306. The number of hydrogen-bond acceptors (Lipinski definition) is 7. The zero-order valence-electron chi connectivity index (χ0n) is 20.0. The number of pyridine rings is 1. The van der Waals surface area contributed by atoms with Crippen LogP contribution in [0.25, 0.3) is 11.0 Å². The van der Waals surface area contributed by atoms with Gasteiger partial charge in [0.2, 0.25) is 5.76 Å². The smallest absolute Gasteiger partial charge is 0.204 e. The summed E-state index contributed by atoms with van der Waals surface area (Å²) in [6.07, 6.45) is 7.19. The third kappa shape index (κ3) is 7.13. The fraction of sp³-hybridized carbons (Fsp3) is 0.423. The van der Waals surface area contributed by atoms with Crippen LogP contribution in [0.1, 0.15) is 41.8 Å². The molecule has 180 valence electrons. The van der Waals surface area contributed by atoms with Crippen LogP contribution in [-0.2, 0) is 0 Å². The molecule has 1 aliphatic rings. The Bertz CT molecular complexity index is 1100. The molecule has 1 N–H and O–H groups in total. The van der Waals surface area contributed by atoms with Crippen LogP contribution in [0.5, 0.6) is 0 Å². The van der Waals surface area contributed by atoms with E-state index >= 15 is 0 Å². The average Bonchev–Trinajstić information content (AvgIpc) is 3.30. The van der Waals surface area contributed by atoms with Crippen molar-refractivity contribution in [2.24, 2.45) is 0 Å². The summed E-state index contributed by atoms with van der Waals surface area (Å²) < 4.78 is 6.30. The molecule has 0 amide bonds. The van der Waals surface area contributed by atoms with Crippen LogP contribution in [0.2, 0.25) is 0 Å². The summed E-state index contributed by atoms with van der Waals surface area (Å²) in [5, 5.41) is 13.5. The van der Waals surface area contributed by atoms with Crippen molar-refractivity contribution in [2.45, 2.75) is 37.8 Å². The van der Waals surface area contributed by atoms with Gasteiger partial charge in [0, 0.05) is 42.2 Å². The first-order valence-electron chi connectivity index (χ1n) is 11.5. The molecule has 0 bridgehead atoms. The average molecular weight is 526 g/mol. The lowest BCUT2D eigenvalue weighted by Gasteiger charge is -2.35. The van der Waals surface area contributed by atoms with E-state index in [1.807, 2.05) is 24.3 Å². The third-order valence-corrected chi connectivity index (χ3v) is 6.93. The van der Waals surface area contributed by atoms with E-state index in [0.717, 1.165) is 53.5 Å². The number of halogens is 1. The summed E-state index contributed by atoms with van der Waals surface area (Å²) in [6, 6.07) is 14.0. The highest BCUT2D eigenvalue weighted by molar-refractivity contribution is 9.10. The highest BCUT2D eigenvalue weighted by atomic mass is 79.9. The van der Waals surface area contributed by atoms with Gasteiger partial charge in [0.15, 0.2) is 5.58 Å². The molecule has 0 unspecified atom stereocenters. The minimum Gasteiger partial charge on any atom is -0.444 e. The molecular formula is C26H32BrN5O2. The number of hydrogen-bond donors (Lipinski definition) is 1. The molecule has 1 aliphatic carbocycles. The van der Waals surface area contributed by atoms with Crippen molar-refractivity contribution in [3.05, 3.63) is 58.4 Å². The number of carbonyl (C=O) groups is 1. The first-order valence-corrected chi connectivity index (χ1v) is 12.3. The molecule has 0 spiro atoms. The number of rotatable bonds is 7. The number of aromatic nitrogens is 1. The van der Waals surface area contributed by atoms with Crippen molar-refractivity contribution < 1.29 is 9.21 Å². The molecule has 7 nitrogen and oxygen atoms in total. The number of nitrogens with zero attached hydrogens (tertiary/aromatic N) is 4. The molecule has 0 radical (unpaired) electrons. The SMILES string of the molecule is CN(C)CCN(C)C1CCC(Nc2ncc3oc(C#N)cc3c2Br)CC1.O=Cc1ccccc1. The van der Waals surface area contributed by atoms with Gasteiger partial charge in [0.25, 0.3) is 0 Å². The lowest BCUT2D eigenvalue weighted by molar-refractivity contribution is 0.112. The fourth-order valence-electron chi connectivity index (χ4n) is 4.06. The second-order valence-electron chi connectivity index (χ2n) is 8.88. The van der Waals surface area contributed by atoms with E-state index in [-0.39, 0.29) is 0 Å². The molecule has 0 aliphatic heterocycles. The van der Waals surface area contributed by atoms with E-state index in [2.05, 4.69) is 57.2 Å². The van der Waals surface area contributed by atoms with Crippen molar-refractivity contribution in [3.63, 3.8) is 0 Å². The first kappa shape index (κ1) is 25.9. The Morgan fingerprint density at radius 2 is 1.88 bits per heavy atom. The number of aldehydes is 1. The molecule has 3 aromatic rings. The van der Waals surface area contributed by atoms with Crippen LogP contribution < -0.4 is 5.32 Å². The fourth-order valence-corrected chi connectivity index (χ4v) is 4.59. The van der Waals surface area contributed by atoms with Crippen molar-refractivity contribution in [1.82, 2.24) is 14.8 Å². The van der Waals surface area contributed by atoms with Gasteiger partial charge < -0.3 is 19.5 Å². The summed E-state index contributed by atoms with van der Waals surface area (Å²) in [6.45, 7) is 2.21. The van der Waals surface area contributed by atoms with E-state index in [4.69, 9.17) is 9.68 Å². The van der Waals surface area contributed by atoms with Gasteiger partial charge in [0.05, 0.1) is 10.7 Å². The van der Waals surface area contributed by atoms with Gasteiger partial charge in [-0.15, -0.1) is 0 Å². The largest absolute Gasteiger partial charge is 0.444 e. The van der Waals surface area contributed by atoms with Gasteiger partial charge in [-0.1, -0.05) is 30.3 Å². The Kier molecular flexibility index (Phi) is 9.63. The van der Waals surface area contributed by atoms with Crippen molar-refractivity contribution in [3.8, 4) is 6.07 Å². The Labute approximate surface area is 209 Å². The molecule has 0 saturated heterocycles. The lowest BCUT2D eigenvalue weighted by atomic mass is 9.90. The number of likely N-dealkylation sites (N-methyl/N-ethyl adjacent to an activating group) is 2. The zero-order chi connectivity index (χ0) is 24.5. The summed E-state index contributed by atoms with van der Waals surface area (Å²) in [5.74, 6) is 1.13. The quantitative estimate of drug-likeness (QED) is 0.425. The second kappa shape index (κ2) is 12.7. The van der Waals surface area contributed by atoms with E-state index in [1.54, 1.807) is 24.4 Å². The highest BCUT2D eigenvalue weighted by Gasteiger charge is 2.25. The van der Waals surface area contributed by atoms with Crippen LogP contribution in [0.15, 0.2) is 51.5 Å². The van der Waals surface area contributed by atoms with Crippen molar-refractivity contribution >= 4 is 39.0 Å². The van der Waals surface area contributed by atoms with Crippen LogP contribution in [0, 0.1) is 11.3 Å². The number of fused-ring (bicyclic) bond motifs is 1. The topological polar surface area (TPSA) is 85.4 Å². The summed E-state index contributed by atoms with van der Waals surface area (Å²) in [4.78, 5) is 19.2. The van der Waals surface area contributed by atoms with Crippen LogP contribution in [-0.4, -0.2) is 67.4 Å². The molecule has 2 aromatic heterocycles. The van der Waals surface area contributed by atoms with E-state index < -0.39 is 0 Å². The molecule has 1 fully saturated rings. The van der Waals surface area contributed by atoms with Gasteiger partial charge in [-0.2, -0.15) is 5.26 Å². The van der Waals surface area contributed by atoms with E-state index in [0.29, 0.717) is 23.4 Å². The van der Waals surface area contributed by atoms with Gasteiger partial charge in [-0.25, -0.2) is 4.98 Å². The van der Waals surface area contributed by atoms with Gasteiger partial charge in [-0.05, 0) is 62.8 Å². The maximum atomic E-state index is 10.0. The Hall–Kier alpha value is -2.73. The highest BCUT2D eigenvalue weighted by Crippen LogP contribution is 2.33. The Balaban J connectivity index is 0.000000343. The maximum absolute atomic E-state index is 10.0. The predicted molar refractivity (Wildman–Crippen MR) is 139 cm³/mol. The van der Waals surface area contributed by atoms with Crippen LogP contribution >= 0.6 is 15.9 Å². The molecule has 2 heterocycles. The standard InChI is InChI=1S/C19H26BrN5O.C7H6O/c1-24(2)8-9-25(3)14-6-4-13(5-7-14)23-19-18(20)16-10-15(11-21)26-17(16)12-22-19;8-6-7-4-2-1-3-5-7/h10,12-14H,4-9H2,1-3H3,(H,22,23);1-6H. The van der Waals surface area contributed by atoms with E-state index in [1.165, 1.54) is 12.8 Å². The predicted octanol–water partition coefficient (Wildman–Crippen LogP) is 5.18. The number of nitrogens with one attached hydrogen (secondary N) is 1. The molecule has 0 atom stereocenters. The summed E-state index contributed by atoms with van der Waals surface area (Å²) >= 11 is 3.61. The Morgan fingerprint density at radius 3 is 2.47 bits per heavy atom. The summed E-state index contributed by atoms with van der Waals surface area (Å²) in [7, 11) is 6.48. The van der Waals surface area contributed by atoms with Crippen molar-refractivity contribution in [1.29, 1.82) is 5.26 Å². The van der Waals surface area contributed by atoms with Crippen molar-refractivity contribution in [2.75, 3.05) is 39.5 Å². The number of anilines is 1. The number of furan rings is 1. The molecule has 4 rings (SSSR count). The summed E-state index contributed by atoms with van der Waals surface area (Å²) in [5.41, 5.74) is 1.36. The van der Waals surface area contributed by atoms with Crippen LogP contribution in [0.3, 0.4) is 0 Å². The molecule has 1 saturated carbocycles. The van der Waals surface area contributed by atoms with Crippen LogP contribution in [0.4, 0.5) is 5.82 Å². The third-order valence-electron chi connectivity index (χ3n) is 6.12. The van der Waals surface area contributed by atoms with Gasteiger partial charge >= 0.3 is 0 Å². The number of nitriles is 1. The number of benzene rings is 1. The van der Waals surface area contributed by atoms with Gasteiger partial charge in [0.1, 0.15) is 18.2 Å². The maximum Gasteiger partial charge on any atom is 0.204 e. The lowest BCUT2D eigenvalue weighted by Crippen LogP contribution is -2.41. The molecule has 34 heavy (non-hydrogen) atoms. The van der Waals surface area contributed by atoms with Gasteiger partial charge in [-0.3, -0.25) is 4.79 Å². The first-order chi connectivity index (χ1) is 16.4. The minimum absolute atomic E-state index is 0.306. The molecule has 8 heteroatoms. The molecule has 1 aromatic carbocycles.